The zero-order valence-corrected chi connectivity index (χ0v) is 9.20. The van der Waals surface area contributed by atoms with Crippen molar-refractivity contribution in [3.8, 4) is 0 Å². The van der Waals surface area contributed by atoms with Gasteiger partial charge in [-0.2, -0.15) is 0 Å². The molecule has 15 heavy (non-hydrogen) atoms. The third-order valence-electron chi connectivity index (χ3n) is 2.62. The van der Waals surface area contributed by atoms with Crippen LogP contribution in [-0.2, 0) is 0 Å². The topological polar surface area (TPSA) is 84.3 Å². The van der Waals surface area contributed by atoms with E-state index in [2.05, 4.69) is 5.32 Å². The van der Waals surface area contributed by atoms with Gasteiger partial charge in [-0.15, -0.1) is 0 Å². The van der Waals surface area contributed by atoms with E-state index >= 15 is 0 Å². The molecular weight excluding hydrogens is 190 g/mol. The molecule has 0 spiro atoms. The Morgan fingerprint density at radius 2 is 1.93 bits per heavy atom. The van der Waals surface area contributed by atoms with Crippen LogP contribution < -0.4 is 16.8 Å². The molecule has 0 aliphatic carbocycles. The molecule has 0 saturated carbocycles. The van der Waals surface area contributed by atoms with Crippen LogP contribution >= 0.6 is 0 Å². The van der Waals surface area contributed by atoms with E-state index in [9.17, 15) is 0 Å². The molecule has 2 atom stereocenters. The average molecular weight is 209 g/mol. The maximum absolute atomic E-state index is 9.00. The second kappa shape index (κ2) is 4.89. The summed E-state index contributed by atoms with van der Waals surface area (Å²) in [5.74, 6) is 0.198. The predicted molar refractivity (Wildman–Crippen MR) is 64.6 cm³/mol. The Morgan fingerprint density at radius 1 is 1.27 bits per heavy atom. The minimum atomic E-state index is 0.165. The van der Waals surface area contributed by atoms with Gasteiger partial charge in [-0.25, -0.2) is 0 Å². The summed E-state index contributed by atoms with van der Waals surface area (Å²) in [5.41, 5.74) is 13.4. The van der Waals surface area contributed by atoms with E-state index in [1.54, 1.807) is 12.1 Å². The third kappa shape index (κ3) is 3.02. The van der Waals surface area contributed by atoms with Crippen molar-refractivity contribution in [3.63, 3.8) is 0 Å². The molecule has 0 aliphatic rings. The van der Waals surface area contributed by atoms with Crippen LogP contribution in [0, 0.1) is 5.92 Å². The zero-order chi connectivity index (χ0) is 11.4. The largest absolute Gasteiger partial charge is 0.397 e. The lowest BCUT2D eigenvalue weighted by molar-refractivity contribution is 0.226. The van der Waals surface area contributed by atoms with Gasteiger partial charge in [-0.1, -0.05) is 6.92 Å². The van der Waals surface area contributed by atoms with Gasteiger partial charge in [0.05, 0.1) is 11.4 Å². The monoisotopic (exact) mass is 209 g/mol. The first-order valence-corrected chi connectivity index (χ1v) is 5.07. The summed E-state index contributed by atoms with van der Waals surface area (Å²) in [5, 5.41) is 12.3. The molecule has 6 N–H and O–H groups in total. The van der Waals surface area contributed by atoms with Crippen molar-refractivity contribution in [2.75, 3.05) is 23.4 Å². The van der Waals surface area contributed by atoms with Crippen molar-refractivity contribution in [3.05, 3.63) is 18.2 Å². The molecule has 0 aromatic heterocycles. The molecule has 84 valence electrons. The van der Waals surface area contributed by atoms with Crippen molar-refractivity contribution in [2.45, 2.75) is 19.9 Å². The third-order valence-corrected chi connectivity index (χ3v) is 2.62. The fourth-order valence-electron chi connectivity index (χ4n) is 1.23. The van der Waals surface area contributed by atoms with Crippen LogP contribution in [-0.4, -0.2) is 17.8 Å². The Morgan fingerprint density at radius 3 is 2.47 bits per heavy atom. The average Bonchev–Trinajstić information content (AvgIpc) is 2.22. The van der Waals surface area contributed by atoms with Crippen LogP contribution in [0.2, 0.25) is 0 Å². The highest BCUT2D eigenvalue weighted by Gasteiger charge is 2.10. The van der Waals surface area contributed by atoms with Gasteiger partial charge in [-0.3, -0.25) is 0 Å². The number of aliphatic hydroxyl groups excluding tert-OH is 1. The Labute approximate surface area is 90.3 Å². The maximum Gasteiger partial charge on any atom is 0.0568 e. The minimum absolute atomic E-state index is 0.165. The number of rotatable bonds is 4. The summed E-state index contributed by atoms with van der Waals surface area (Å²) in [7, 11) is 0. The van der Waals surface area contributed by atoms with Crippen LogP contribution in [0.25, 0.3) is 0 Å². The van der Waals surface area contributed by atoms with E-state index in [1.807, 2.05) is 19.9 Å². The van der Waals surface area contributed by atoms with E-state index in [0.29, 0.717) is 11.4 Å². The molecule has 0 saturated heterocycles. The zero-order valence-electron chi connectivity index (χ0n) is 9.20. The van der Waals surface area contributed by atoms with Crippen molar-refractivity contribution in [2.24, 2.45) is 5.92 Å². The quantitative estimate of drug-likeness (QED) is 0.563. The first-order chi connectivity index (χ1) is 7.04. The number of hydrogen-bond donors (Lipinski definition) is 4. The first-order valence-electron chi connectivity index (χ1n) is 5.07. The van der Waals surface area contributed by atoms with Gasteiger partial charge in [0.15, 0.2) is 0 Å². The van der Waals surface area contributed by atoms with Crippen molar-refractivity contribution in [1.82, 2.24) is 0 Å². The number of hydrogen-bond acceptors (Lipinski definition) is 4. The lowest BCUT2D eigenvalue weighted by Gasteiger charge is -2.20. The van der Waals surface area contributed by atoms with Crippen molar-refractivity contribution >= 4 is 17.1 Å². The Hall–Kier alpha value is -1.42. The van der Waals surface area contributed by atoms with E-state index < -0.39 is 0 Å². The van der Waals surface area contributed by atoms with Gasteiger partial charge in [0.2, 0.25) is 0 Å². The molecule has 0 amide bonds. The van der Waals surface area contributed by atoms with Crippen molar-refractivity contribution < 1.29 is 5.11 Å². The molecule has 2 unspecified atom stereocenters. The smallest absolute Gasteiger partial charge is 0.0568 e. The first kappa shape index (κ1) is 11.7. The predicted octanol–water partition coefficient (Wildman–Crippen LogP) is 1.28. The highest BCUT2D eigenvalue weighted by molar-refractivity contribution is 5.69. The molecule has 4 nitrogen and oxygen atoms in total. The lowest BCUT2D eigenvalue weighted by atomic mass is 10.0. The SMILES string of the molecule is CC(CO)C(C)Nc1ccc(N)c(N)c1. The van der Waals surface area contributed by atoms with Gasteiger partial charge >= 0.3 is 0 Å². The summed E-state index contributed by atoms with van der Waals surface area (Å²) in [6, 6.07) is 5.65. The molecule has 0 aliphatic heterocycles. The van der Waals surface area contributed by atoms with Crippen LogP contribution in [0.1, 0.15) is 13.8 Å². The Balaban J connectivity index is 2.68. The second-order valence-corrected chi connectivity index (χ2v) is 3.94. The molecule has 0 fully saturated rings. The maximum atomic E-state index is 9.00. The molecule has 0 radical (unpaired) electrons. The number of nitrogens with two attached hydrogens (primary N) is 2. The number of nitrogen functional groups attached to an aromatic ring is 2. The molecular formula is C11H19N3O. The molecule has 0 heterocycles. The fraction of sp³-hybridized carbons (Fsp3) is 0.455. The highest BCUT2D eigenvalue weighted by Crippen LogP contribution is 2.21. The number of nitrogens with one attached hydrogen (secondary N) is 1. The summed E-state index contributed by atoms with van der Waals surface area (Å²) in [6.45, 7) is 4.17. The van der Waals surface area contributed by atoms with E-state index in [0.717, 1.165) is 5.69 Å². The second-order valence-electron chi connectivity index (χ2n) is 3.94. The summed E-state index contributed by atoms with van der Waals surface area (Å²) in [4.78, 5) is 0. The molecule has 1 aromatic rings. The van der Waals surface area contributed by atoms with E-state index in [1.165, 1.54) is 0 Å². The number of aliphatic hydroxyl groups is 1. The van der Waals surface area contributed by atoms with Crippen LogP contribution in [0.3, 0.4) is 0 Å². The molecule has 4 heteroatoms. The van der Waals surface area contributed by atoms with Gasteiger partial charge in [0.25, 0.3) is 0 Å². The lowest BCUT2D eigenvalue weighted by Crippen LogP contribution is -2.26. The Kier molecular flexibility index (Phi) is 3.80. The summed E-state index contributed by atoms with van der Waals surface area (Å²) < 4.78 is 0. The fourth-order valence-corrected chi connectivity index (χ4v) is 1.23. The highest BCUT2D eigenvalue weighted by atomic mass is 16.3. The normalized spacial score (nSPS) is 14.6. The Bertz CT molecular complexity index is 328. The van der Waals surface area contributed by atoms with E-state index in [4.69, 9.17) is 16.6 Å². The van der Waals surface area contributed by atoms with Crippen LogP contribution in [0.5, 0.6) is 0 Å². The van der Waals surface area contributed by atoms with Crippen LogP contribution in [0.15, 0.2) is 18.2 Å². The molecule has 1 rings (SSSR count). The summed E-state index contributed by atoms with van der Waals surface area (Å²) in [6.07, 6.45) is 0. The minimum Gasteiger partial charge on any atom is -0.397 e. The van der Waals surface area contributed by atoms with Gasteiger partial charge < -0.3 is 21.9 Å². The standard InChI is InChI=1S/C11H19N3O/c1-7(6-15)8(2)14-9-3-4-10(12)11(13)5-9/h3-5,7-8,14-15H,6,12-13H2,1-2H3. The molecule has 0 bridgehead atoms. The van der Waals surface area contributed by atoms with E-state index in [-0.39, 0.29) is 18.6 Å². The van der Waals surface area contributed by atoms with Gasteiger partial charge in [0.1, 0.15) is 0 Å². The molecule has 1 aromatic carbocycles. The number of benzene rings is 1. The van der Waals surface area contributed by atoms with Crippen molar-refractivity contribution in [1.29, 1.82) is 0 Å². The van der Waals surface area contributed by atoms with Gasteiger partial charge in [-0.05, 0) is 31.0 Å². The number of anilines is 3. The van der Waals surface area contributed by atoms with Crippen LogP contribution in [0.4, 0.5) is 17.1 Å². The summed E-state index contributed by atoms with van der Waals surface area (Å²) >= 11 is 0. The van der Waals surface area contributed by atoms with Gasteiger partial charge in [0, 0.05) is 18.3 Å².